The molecule has 5 nitrogen and oxygen atoms in total. The molecule has 1 unspecified atom stereocenters. The second-order valence-electron chi connectivity index (χ2n) is 9.04. The number of hydrogen-bond acceptors (Lipinski definition) is 2. The number of fused-ring (bicyclic) bond motifs is 1. The largest absolute Gasteiger partial charge is 0.368 e. The summed E-state index contributed by atoms with van der Waals surface area (Å²) in [6.07, 6.45) is 3.27. The van der Waals surface area contributed by atoms with E-state index in [0.717, 1.165) is 24.5 Å². The number of aromatic nitrogens is 1. The van der Waals surface area contributed by atoms with Crippen LogP contribution in [-0.4, -0.2) is 34.3 Å². The number of nitrogens with one attached hydrogen (secondary N) is 1. The minimum Gasteiger partial charge on any atom is -0.368 e. The molecule has 33 heavy (non-hydrogen) atoms. The summed E-state index contributed by atoms with van der Waals surface area (Å²) in [5, 5.41) is 0.427. The van der Waals surface area contributed by atoms with Gasteiger partial charge in [-0.15, -0.1) is 0 Å². The SMILES string of the molecule is NC(=O)C1CCCCN1C(=O)[C@H]1C[C@H](c2c(-c3ccc(F)cc3)[nH]c3c(F)cc(F)cc32)C1. The molecule has 0 bridgehead atoms. The van der Waals surface area contributed by atoms with Gasteiger partial charge in [0.25, 0.3) is 0 Å². The maximum Gasteiger partial charge on any atom is 0.240 e. The van der Waals surface area contributed by atoms with Crippen LogP contribution in [-0.2, 0) is 9.59 Å². The van der Waals surface area contributed by atoms with Crippen molar-refractivity contribution in [2.24, 2.45) is 11.7 Å². The van der Waals surface area contributed by atoms with Crippen molar-refractivity contribution in [1.82, 2.24) is 9.88 Å². The van der Waals surface area contributed by atoms with Crippen LogP contribution in [0.4, 0.5) is 13.2 Å². The Kier molecular flexibility index (Phi) is 5.38. The minimum atomic E-state index is -0.704. The van der Waals surface area contributed by atoms with Gasteiger partial charge in [0.2, 0.25) is 11.8 Å². The van der Waals surface area contributed by atoms with E-state index in [1.54, 1.807) is 17.0 Å². The van der Waals surface area contributed by atoms with Gasteiger partial charge >= 0.3 is 0 Å². The van der Waals surface area contributed by atoms with Gasteiger partial charge < -0.3 is 15.6 Å². The van der Waals surface area contributed by atoms with Crippen LogP contribution in [0, 0.1) is 23.4 Å². The van der Waals surface area contributed by atoms with E-state index >= 15 is 0 Å². The normalized spacial score (nSPS) is 22.9. The van der Waals surface area contributed by atoms with E-state index in [1.807, 2.05) is 0 Å². The van der Waals surface area contributed by atoms with E-state index in [2.05, 4.69) is 4.98 Å². The number of likely N-dealkylation sites (tertiary alicyclic amines) is 1. The highest BCUT2D eigenvalue weighted by atomic mass is 19.1. The minimum absolute atomic E-state index is 0.0877. The molecule has 0 spiro atoms. The third-order valence-corrected chi connectivity index (χ3v) is 7.01. The molecule has 2 fully saturated rings. The number of hydrogen-bond donors (Lipinski definition) is 2. The molecule has 2 aliphatic rings. The summed E-state index contributed by atoms with van der Waals surface area (Å²) in [5.74, 6) is -2.74. The van der Waals surface area contributed by atoms with Crippen molar-refractivity contribution < 1.29 is 22.8 Å². The van der Waals surface area contributed by atoms with Crippen LogP contribution >= 0.6 is 0 Å². The first kappa shape index (κ1) is 21.6. The van der Waals surface area contributed by atoms with Crippen molar-refractivity contribution in [1.29, 1.82) is 0 Å². The predicted octanol–water partition coefficient (Wildman–Crippen LogP) is 4.61. The molecule has 0 radical (unpaired) electrons. The second kappa shape index (κ2) is 8.24. The molecule has 8 heteroatoms. The fourth-order valence-corrected chi connectivity index (χ4v) is 5.29. The number of aromatic amines is 1. The molecule has 1 aliphatic heterocycles. The van der Waals surface area contributed by atoms with Gasteiger partial charge in [-0.3, -0.25) is 9.59 Å². The van der Waals surface area contributed by atoms with Crippen molar-refractivity contribution in [2.45, 2.75) is 44.1 Å². The van der Waals surface area contributed by atoms with Crippen LogP contribution < -0.4 is 5.73 Å². The topological polar surface area (TPSA) is 79.2 Å². The standard InChI is InChI=1S/C25H24F3N3O2/c26-16-6-4-13(5-7-16)22-21(18-11-17(27)12-19(28)23(18)30-22)14-9-15(10-14)25(33)31-8-2-1-3-20(31)24(29)32/h4-7,11-12,14-15,20,30H,1-3,8-10H2,(H2,29,32)/t14-,15-,20?. The summed E-state index contributed by atoms with van der Waals surface area (Å²) in [6.45, 7) is 0.512. The molecular formula is C25H24F3N3O2. The number of piperidine rings is 1. The Bertz CT molecular complexity index is 1230. The summed E-state index contributed by atoms with van der Waals surface area (Å²) >= 11 is 0. The molecule has 2 aromatic carbocycles. The van der Waals surface area contributed by atoms with Crippen LogP contribution in [0.2, 0.25) is 0 Å². The van der Waals surface area contributed by atoms with Gasteiger partial charge in [-0.25, -0.2) is 13.2 Å². The summed E-state index contributed by atoms with van der Waals surface area (Å²) < 4.78 is 42.1. The number of primary amides is 1. The first-order valence-corrected chi connectivity index (χ1v) is 11.2. The van der Waals surface area contributed by atoms with Crippen molar-refractivity contribution in [2.75, 3.05) is 6.54 Å². The molecular weight excluding hydrogens is 431 g/mol. The molecule has 2 amide bonds. The van der Waals surface area contributed by atoms with Crippen LogP contribution in [0.25, 0.3) is 22.2 Å². The lowest BCUT2D eigenvalue weighted by Gasteiger charge is -2.41. The van der Waals surface area contributed by atoms with Gasteiger partial charge in [0.15, 0.2) is 0 Å². The molecule has 5 rings (SSSR count). The van der Waals surface area contributed by atoms with Gasteiger partial charge in [-0.2, -0.15) is 0 Å². The monoisotopic (exact) mass is 455 g/mol. The Morgan fingerprint density at radius 2 is 1.73 bits per heavy atom. The number of nitrogens with two attached hydrogens (primary N) is 1. The second-order valence-corrected chi connectivity index (χ2v) is 9.04. The van der Waals surface area contributed by atoms with Crippen LogP contribution in [0.3, 0.4) is 0 Å². The van der Waals surface area contributed by atoms with Gasteiger partial charge in [0, 0.05) is 23.9 Å². The van der Waals surface area contributed by atoms with Crippen LogP contribution in [0.15, 0.2) is 36.4 Å². The van der Waals surface area contributed by atoms with E-state index in [-0.39, 0.29) is 23.3 Å². The zero-order valence-corrected chi connectivity index (χ0v) is 17.9. The van der Waals surface area contributed by atoms with E-state index in [9.17, 15) is 22.8 Å². The molecule has 1 saturated carbocycles. The van der Waals surface area contributed by atoms with Gasteiger partial charge in [-0.05, 0) is 79.5 Å². The van der Waals surface area contributed by atoms with E-state index in [0.29, 0.717) is 42.5 Å². The molecule has 1 aromatic heterocycles. The number of nitrogens with zero attached hydrogens (tertiary/aromatic N) is 1. The van der Waals surface area contributed by atoms with Gasteiger partial charge in [0.1, 0.15) is 23.5 Å². The van der Waals surface area contributed by atoms with E-state index in [1.165, 1.54) is 18.2 Å². The molecule has 172 valence electrons. The Morgan fingerprint density at radius 3 is 2.42 bits per heavy atom. The Labute approximate surface area is 188 Å². The first-order valence-electron chi connectivity index (χ1n) is 11.2. The lowest BCUT2D eigenvalue weighted by atomic mass is 9.69. The molecule has 1 aliphatic carbocycles. The fraction of sp³-hybridized carbons (Fsp3) is 0.360. The number of amides is 2. The first-order chi connectivity index (χ1) is 15.8. The quantitative estimate of drug-likeness (QED) is 0.603. The smallest absolute Gasteiger partial charge is 0.240 e. The Morgan fingerprint density at radius 1 is 1.00 bits per heavy atom. The molecule has 1 atom stereocenters. The predicted molar refractivity (Wildman–Crippen MR) is 118 cm³/mol. The lowest BCUT2D eigenvalue weighted by Crippen LogP contribution is -2.53. The van der Waals surface area contributed by atoms with E-state index < -0.39 is 29.4 Å². The average molecular weight is 455 g/mol. The Hall–Kier alpha value is -3.29. The molecule has 1 saturated heterocycles. The lowest BCUT2D eigenvalue weighted by molar-refractivity contribution is -0.147. The zero-order chi connectivity index (χ0) is 23.3. The van der Waals surface area contributed by atoms with Crippen LogP contribution in [0.5, 0.6) is 0 Å². The molecule has 3 N–H and O–H groups in total. The molecule has 2 heterocycles. The number of carbonyl (C=O) groups is 2. The fourth-order valence-electron chi connectivity index (χ4n) is 5.29. The summed E-state index contributed by atoms with van der Waals surface area (Å²) in [5.41, 5.74) is 7.67. The number of H-pyrrole nitrogens is 1. The van der Waals surface area contributed by atoms with Crippen molar-refractivity contribution in [3.63, 3.8) is 0 Å². The maximum atomic E-state index is 14.5. The highest BCUT2D eigenvalue weighted by Gasteiger charge is 2.42. The number of halogens is 3. The molecule has 3 aromatic rings. The van der Waals surface area contributed by atoms with Gasteiger partial charge in [-0.1, -0.05) is 0 Å². The van der Waals surface area contributed by atoms with Crippen LogP contribution in [0.1, 0.15) is 43.6 Å². The summed E-state index contributed by atoms with van der Waals surface area (Å²) in [7, 11) is 0. The van der Waals surface area contributed by atoms with Crippen molar-refractivity contribution >= 4 is 22.7 Å². The summed E-state index contributed by atoms with van der Waals surface area (Å²) in [4.78, 5) is 29.6. The number of rotatable bonds is 4. The van der Waals surface area contributed by atoms with Gasteiger partial charge in [0.05, 0.1) is 11.2 Å². The van der Waals surface area contributed by atoms with E-state index in [4.69, 9.17) is 5.73 Å². The highest BCUT2D eigenvalue weighted by Crippen LogP contribution is 2.49. The highest BCUT2D eigenvalue weighted by molar-refractivity contribution is 5.93. The van der Waals surface area contributed by atoms with Crippen molar-refractivity contribution in [3.8, 4) is 11.3 Å². The average Bonchev–Trinajstić information content (AvgIpc) is 3.12. The Balaban J connectivity index is 1.47. The van der Waals surface area contributed by atoms with Crippen molar-refractivity contribution in [3.05, 3.63) is 59.4 Å². The number of benzene rings is 2. The zero-order valence-electron chi connectivity index (χ0n) is 17.9. The number of carbonyl (C=O) groups excluding carboxylic acids is 2. The third-order valence-electron chi connectivity index (χ3n) is 7.01. The maximum absolute atomic E-state index is 14.5. The summed E-state index contributed by atoms with van der Waals surface area (Å²) in [6, 6.07) is 7.35. The third kappa shape index (κ3) is 3.77.